The van der Waals surface area contributed by atoms with Crippen molar-refractivity contribution in [2.45, 2.75) is 45.8 Å². The number of aryl methyl sites for hydroxylation is 1. The first kappa shape index (κ1) is 21.1. The fourth-order valence-electron chi connectivity index (χ4n) is 2.99. The fourth-order valence-corrected chi connectivity index (χ4v) is 3.81. The first-order valence-corrected chi connectivity index (χ1v) is 10.8. The number of carbonyl (C=O) groups is 1. The van der Waals surface area contributed by atoms with Gasteiger partial charge >= 0.3 is 0 Å². The van der Waals surface area contributed by atoms with E-state index in [1.807, 2.05) is 57.2 Å². The first-order valence-electron chi connectivity index (χ1n) is 9.80. The third kappa shape index (κ3) is 4.53. The van der Waals surface area contributed by atoms with E-state index < -0.39 is 0 Å². The minimum absolute atomic E-state index is 0.0638. The lowest BCUT2D eigenvalue weighted by molar-refractivity contribution is -0.119. The molecule has 29 heavy (non-hydrogen) atoms. The number of thioether (sulfide) groups is 1. The van der Waals surface area contributed by atoms with Crippen molar-refractivity contribution in [1.82, 2.24) is 14.9 Å². The molecule has 0 aliphatic rings. The first-order chi connectivity index (χ1) is 13.8. The van der Waals surface area contributed by atoms with E-state index in [1.54, 1.807) is 10.6 Å². The molecule has 0 saturated heterocycles. The quantitative estimate of drug-likeness (QED) is 0.488. The molecular formula is C23H27N3O2S. The van der Waals surface area contributed by atoms with Crippen LogP contribution in [0.25, 0.3) is 16.6 Å². The van der Waals surface area contributed by atoms with Crippen LogP contribution in [-0.2, 0) is 4.79 Å². The van der Waals surface area contributed by atoms with Crippen LogP contribution in [0.3, 0.4) is 0 Å². The van der Waals surface area contributed by atoms with Crippen LogP contribution in [0.15, 0.2) is 52.4 Å². The largest absolute Gasteiger partial charge is 0.353 e. The van der Waals surface area contributed by atoms with Crippen LogP contribution >= 0.6 is 11.8 Å². The van der Waals surface area contributed by atoms with E-state index in [0.29, 0.717) is 22.0 Å². The van der Waals surface area contributed by atoms with Gasteiger partial charge in [-0.2, -0.15) is 0 Å². The van der Waals surface area contributed by atoms with Crippen molar-refractivity contribution in [2.24, 2.45) is 5.92 Å². The number of aromatic nitrogens is 2. The minimum atomic E-state index is -0.122. The van der Waals surface area contributed by atoms with Crippen molar-refractivity contribution in [3.63, 3.8) is 0 Å². The number of para-hydroxylation sites is 1. The lowest BCUT2D eigenvalue weighted by atomic mass is 10.1. The van der Waals surface area contributed by atoms with Crippen molar-refractivity contribution in [3.05, 3.63) is 63.9 Å². The van der Waals surface area contributed by atoms with E-state index in [4.69, 9.17) is 4.98 Å². The standard InChI is InChI=1S/C23H27N3O2S/c1-14(2)17(5)24-21(27)13-29-23-25-19-11-7-6-10-18(19)22(28)26(23)20-12-8-9-15(3)16(20)4/h6-12,14,17H,13H2,1-5H3,(H,24,27)/t17-/m1/s1. The summed E-state index contributed by atoms with van der Waals surface area (Å²) in [6.07, 6.45) is 0. The highest BCUT2D eigenvalue weighted by Crippen LogP contribution is 2.24. The van der Waals surface area contributed by atoms with Crippen LogP contribution < -0.4 is 10.9 Å². The van der Waals surface area contributed by atoms with E-state index in [1.165, 1.54) is 11.8 Å². The zero-order valence-electron chi connectivity index (χ0n) is 17.5. The molecule has 0 unspecified atom stereocenters. The second kappa shape index (κ2) is 8.82. The molecule has 1 heterocycles. The smallest absolute Gasteiger partial charge is 0.266 e. The molecule has 0 saturated carbocycles. The lowest BCUT2D eigenvalue weighted by Gasteiger charge is -2.18. The summed E-state index contributed by atoms with van der Waals surface area (Å²) < 4.78 is 1.63. The number of hydrogen-bond donors (Lipinski definition) is 1. The molecule has 3 rings (SSSR count). The lowest BCUT2D eigenvalue weighted by Crippen LogP contribution is -2.37. The predicted molar refractivity (Wildman–Crippen MR) is 120 cm³/mol. The van der Waals surface area contributed by atoms with Crippen LogP contribution in [0.2, 0.25) is 0 Å². The fraction of sp³-hybridized carbons (Fsp3) is 0.348. The summed E-state index contributed by atoms with van der Waals surface area (Å²) in [5.41, 5.74) is 3.43. The molecule has 152 valence electrons. The molecule has 1 N–H and O–H groups in total. The number of carbonyl (C=O) groups excluding carboxylic acids is 1. The highest BCUT2D eigenvalue weighted by atomic mass is 32.2. The molecule has 1 atom stereocenters. The molecule has 1 amide bonds. The Balaban J connectivity index is 2.05. The Kier molecular flexibility index (Phi) is 6.42. The molecule has 0 bridgehead atoms. The molecular weight excluding hydrogens is 382 g/mol. The Morgan fingerprint density at radius 1 is 1.10 bits per heavy atom. The summed E-state index contributed by atoms with van der Waals surface area (Å²) in [4.78, 5) is 30.5. The molecule has 0 radical (unpaired) electrons. The van der Waals surface area contributed by atoms with Gasteiger partial charge in [0.1, 0.15) is 0 Å². The van der Waals surface area contributed by atoms with Crippen molar-refractivity contribution in [2.75, 3.05) is 5.75 Å². The van der Waals surface area contributed by atoms with E-state index in [0.717, 1.165) is 16.8 Å². The summed E-state index contributed by atoms with van der Waals surface area (Å²) in [6, 6.07) is 13.3. The Bertz CT molecular complexity index is 1100. The monoisotopic (exact) mass is 409 g/mol. The highest BCUT2D eigenvalue weighted by Gasteiger charge is 2.17. The number of fused-ring (bicyclic) bond motifs is 1. The predicted octanol–water partition coefficient (Wildman–Crippen LogP) is 4.26. The van der Waals surface area contributed by atoms with Crippen molar-refractivity contribution < 1.29 is 4.79 Å². The SMILES string of the molecule is Cc1cccc(-n2c(SCC(=O)N[C@H](C)C(C)C)nc3ccccc3c2=O)c1C. The van der Waals surface area contributed by atoms with E-state index in [9.17, 15) is 9.59 Å². The van der Waals surface area contributed by atoms with E-state index >= 15 is 0 Å². The number of nitrogens with zero attached hydrogens (tertiary/aromatic N) is 2. The molecule has 0 aliphatic heterocycles. The second-order valence-corrected chi connectivity index (χ2v) is 8.60. The summed E-state index contributed by atoms with van der Waals surface area (Å²) in [5, 5.41) is 4.09. The summed E-state index contributed by atoms with van der Waals surface area (Å²) in [7, 11) is 0. The van der Waals surface area contributed by atoms with Gasteiger partial charge in [0.15, 0.2) is 5.16 Å². The molecule has 0 aliphatic carbocycles. The average Bonchev–Trinajstić information content (AvgIpc) is 2.69. The molecule has 5 nitrogen and oxygen atoms in total. The molecule has 6 heteroatoms. The summed E-state index contributed by atoms with van der Waals surface area (Å²) >= 11 is 1.29. The Morgan fingerprint density at radius 3 is 2.55 bits per heavy atom. The molecule has 2 aromatic carbocycles. The maximum Gasteiger partial charge on any atom is 0.266 e. The number of benzene rings is 2. The normalized spacial score (nSPS) is 12.3. The van der Waals surface area contributed by atoms with Crippen LogP contribution in [-0.4, -0.2) is 27.3 Å². The van der Waals surface area contributed by atoms with Crippen LogP contribution in [0, 0.1) is 19.8 Å². The van der Waals surface area contributed by atoms with Crippen molar-refractivity contribution in [1.29, 1.82) is 0 Å². The Hall–Kier alpha value is -2.60. The summed E-state index contributed by atoms with van der Waals surface area (Å²) in [5.74, 6) is 0.495. The zero-order chi connectivity index (χ0) is 21.1. The number of nitrogens with one attached hydrogen (secondary N) is 1. The van der Waals surface area contributed by atoms with Gasteiger partial charge in [0.05, 0.1) is 22.3 Å². The van der Waals surface area contributed by atoms with Gasteiger partial charge in [0.25, 0.3) is 5.56 Å². The van der Waals surface area contributed by atoms with Gasteiger partial charge in [-0.1, -0.05) is 49.9 Å². The molecule has 0 fully saturated rings. The molecule has 3 aromatic rings. The Morgan fingerprint density at radius 2 is 1.83 bits per heavy atom. The highest BCUT2D eigenvalue weighted by molar-refractivity contribution is 7.99. The van der Waals surface area contributed by atoms with Gasteiger partial charge in [0.2, 0.25) is 5.91 Å². The minimum Gasteiger partial charge on any atom is -0.353 e. The Labute approximate surface area is 175 Å². The van der Waals surface area contributed by atoms with E-state index in [2.05, 4.69) is 19.2 Å². The van der Waals surface area contributed by atoms with Gasteiger partial charge in [-0.3, -0.25) is 14.2 Å². The van der Waals surface area contributed by atoms with Crippen LogP contribution in [0.5, 0.6) is 0 Å². The van der Waals surface area contributed by atoms with Gasteiger partial charge in [-0.25, -0.2) is 4.98 Å². The third-order valence-corrected chi connectivity index (χ3v) is 6.22. The van der Waals surface area contributed by atoms with Gasteiger partial charge < -0.3 is 5.32 Å². The number of hydrogen-bond acceptors (Lipinski definition) is 4. The topological polar surface area (TPSA) is 64.0 Å². The van der Waals surface area contributed by atoms with Crippen molar-refractivity contribution >= 4 is 28.6 Å². The second-order valence-electron chi connectivity index (χ2n) is 7.66. The number of rotatable bonds is 6. The van der Waals surface area contributed by atoms with Crippen LogP contribution in [0.1, 0.15) is 31.9 Å². The molecule has 1 aromatic heterocycles. The average molecular weight is 410 g/mol. The van der Waals surface area contributed by atoms with E-state index in [-0.39, 0.29) is 23.3 Å². The van der Waals surface area contributed by atoms with Gasteiger partial charge in [0, 0.05) is 6.04 Å². The summed E-state index contributed by atoms with van der Waals surface area (Å²) in [6.45, 7) is 10.2. The number of amides is 1. The van der Waals surface area contributed by atoms with Crippen molar-refractivity contribution in [3.8, 4) is 5.69 Å². The van der Waals surface area contributed by atoms with Crippen LogP contribution in [0.4, 0.5) is 0 Å². The maximum atomic E-state index is 13.3. The maximum absolute atomic E-state index is 13.3. The zero-order valence-corrected chi connectivity index (χ0v) is 18.3. The third-order valence-electron chi connectivity index (χ3n) is 5.28. The van der Waals surface area contributed by atoms with Gasteiger partial charge in [-0.05, 0) is 56.0 Å². The van der Waals surface area contributed by atoms with Gasteiger partial charge in [-0.15, -0.1) is 0 Å². The molecule has 0 spiro atoms.